The molecule has 19 heavy (non-hydrogen) atoms. The van der Waals surface area contributed by atoms with Gasteiger partial charge in [0.25, 0.3) is 0 Å². The topological polar surface area (TPSA) is 156 Å². The van der Waals surface area contributed by atoms with Crippen molar-refractivity contribution in [1.29, 1.82) is 0 Å². The second-order valence-electron chi connectivity index (χ2n) is 4.19. The zero-order valence-electron chi connectivity index (χ0n) is 10.9. The molecule has 0 unspecified atom stereocenters. The molecule has 0 rings (SSSR count). The molecule has 2 amide bonds. The first-order chi connectivity index (χ1) is 8.70. The monoisotopic (exact) mass is 279 g/mol. The molecule has 7 N–H and O–H groups in total. The van der Waals surface area contributed by atoms with Crippen molar-refractivity contribution in [3.05, 3.63) is 0 Å². The van der Waals surface area contributed by atoms with Gasteiger partial charge < -0.3 is 26.2 Å². The van der Waals surface area contributed by atoms with E-state index in [1.165, 1.54) is 13.8 Å². The van der Waals surface area contributed by atoms with E-state index in [4.69, 9.17) is 15.9 Å². The van der Waals surface area contributed by atoms with Crippen LogP contribution in [0.25, 0.3) is 0 Å². The summed E-state index contributed by atoms with van der Waals surface area (Å²) in [5.41, 5.74) is 7.78. The van der Waals surface area contributed by atoms with Gasteiger partial charge in [-0.25, -0.2) is 0 Å². The van der Waals surface area contributed by atoms with Crippen LogP contribution in [0.3, 0.4) is 0 Å². The van der Waals surface area contributed by atoms with Gasteiger partial charge >= 0.3 is 0 Å². The highest BCUT2D eigenvalue weighted by Gasteiger charge is 2.30. The van der Waals surface area contributed by atoms with Gasteiger partial charge in [-0.05, 0) is 0 Å². The highest BCUT2D eigenvalue weighted by molar-refractivity contribution is 5.79. The fraction of sp³-hybridized carbons (Fsp3) is 0.800. The molecule has 0 aromatic heterocycles. The summed E-state index contributed by atoms with van der Waals surface area (Å²) in [6.07, 6.45) is -4.78. The number of nitrogens with two attached hydrogens (primary N) is 1. The Morgan fingerprint density at radius 2 is 1.74 bits per heavy atom. The molecule has 4 atom stereocenters. The standard InChI is InChI=1S/C10H21N3O6/c1-5(15)12-13(6(2)16)3-7(11)9(18)10(19)8(17)4-14/h7-10,14,17-19H,3-4,11H2,1-2H3,(H,12,15)/t7-,8+,9+,10-/m0/s1. The number of hydrazine groups is 1. The van der Waals surface area contributed by atoms with Crippen LogP contribution in [0.4, 0.5) is 0 Å². The summed E-state index contributed by atoms with van der Waals surface area (Å²) in [5, 5.41) is 37.8. The van der Waals surface area contributed by atoms with E-state index in [2.05, 4.69) is 5.43 Å². The van der Waals surface area contributed by atoms with E-state index in [0.29, 0.717) is 0 Å². The highest BCUT2D eigenvalue weighted by atomic mass is 16.4. The van der Waals surface area contributed by atoms with E-state index >= 15 is 0 Å². The first kappa shape index (κ1) is 17.7. The van der Waals surface area contributed by atoms with Gasteiger partial charge in [-0.15, -0.1) is 0 Å². The van der Waals surface area contributed by atoms with Gasteiger partial charge in [-0.1, -0.05) is 0 Å². The minimum Gasteiger partial charge on any atom is -0.394 e. The molecule has 0 fully saturated rings. The molecule has 0 radical (unpaired) electrons. The van der Waals surface area contributed by atoms with Crippen LogP contribution in [0, 0.1) is 0 Å². The fourth-order valence-electron chi connectivity index (χ4n) is 1.35. The average Bonchev–Trinajstić information content (AvgIpc) is 2.34. The summed E-state index contributed by atoms with van der Waals surface area (Å²) in [7, 11) is 0. The van der Waals surface area contributed by atoms with E-state index in [1.807, 2.05) is 0 Å². The molecule has 0 saturated heterocycles. The van der Waals surface area contributed by atoms with Crippen LogP contribution in [-0.4, -0.2) is 74.8 Å². The summed E-state index contributed by atoms with van der Waals surface area (Å²) in [4.78, 5) is 22.1. The average molecular weight is 279 g/mol. The number of nitrogens with zero attached hydrogens (tertiary/aromatic N) is 1. The summed E-state index contributed by atoms with van der Waals surface area (Å²) >= 11 is 0. The lowest BCUT2D eigenvalue weighted by molar-refractivity contribution is -0.140. The van der Waals surface area contributed by atoms with Crippen molar-refractivity contribution in [3.63, 3.8) is 0 Å². The van der Waals surface area contributed by atoms with Gasteiger partial charge in [0.1, 0.15) is 12.2 Å². The highest BCUT2D eigenvalue weighted by Crippen LogP contribution is 2.04. The zero-order chi connectivity index (χ0) is 15.2. The molecule has 0 aliphatic carbocycles. The predicted molar refractivity (Wildman–Crippen MR) is 64.3 cm³/mol. The van der Waals surface area contributed by atoms with E-state index < -0.39 is 42.8 Å². The molecular weight excluding hydrogens is 258 g/mol. The Kier molecular flexibility index (Phi) is 7.49. The molecule has 9 heteroatoms. The molecule has 9 nitrogen and oxygen atoms in total. The van der Waals surface area contributed by atoms with Gasteiger partial charge in [-0.2, -0.15) is 0 Å². The SMILES string of the molecule is CC(=O)NN(C[C@H](N)[C@@H](O)[C@@H](O)[C@H](O)CO)C(C)=O. The van der Waals surface area contributed by atoms with Gasteiger partial charge in [0.15, 0.2) is 0 Å². The fourth-order valence-corrected chi connectivity index (χ4v) is 1.35. The van der Waals surface area contributed by atoms with E-state index in [0.717, 1.165) is 5.01 Å². The molecule has 0 aliphatic rings. The van der Waals surface area contributed by atoms with Crippen molar-refractivity contribution >= 4 is 11.8 Å². The number of aliphatic hydroxyl groups is 4. The lowest BCUT2D eigenvalue weighted by Crippen LogP contribution is -2.57. The number of amides is 2. The van der Waals surface area contributed by atoms with Crippen molar-refractivity contribution in [2.45, 2.75) is 38.2 Å². The molecule has 0 bridgehead atoms. The molecule has 0 heterocycles. The van der Waals surface area contributed by atoms with E-state index in [-0.39, 0.29) is 6.54 Å². The number of hydrogen-bond donors (Lipinski definition) is 6. The van der Waals surface area contributed by atoms with Crippen LogP contribution in [0.1, 0.15) is 13.8 Å². The van der Waals surface area contributed by atoms with Crippen LogP contribution in [0.2, 0.25) is 0 Å². The van der Waals surface area contributed by atoms with E-state index in [9.17, 15) is 19.8 Å². The maximum absolute atomic E-state index is 11.2. The van der Waals surface area contributed by atoms with Crippen LogP contribution in [0.15, 0.2) is 0 Å². The Bertz CT molecular complexity index is 314. The number of carbonyl (C=O) groups is 2. The van der Waals surface area contributed by atoms with Crippen LogP contribution in [0.5, 0.6) is 0 Å². The van der Waals surface area contributed by atoms with Gasteiger partial charge in [-0.3, -0.25) is 20.0 Å². The van der Waals surface area contributed by atoms with Crippen molar-refractivity contribution in [1.82, 2.24) is 10.4 Å². The van der Waals surface area contributed by atoms with Gasteiger partial charge in [0, 0.05) is 13.8 Å². The minimum atomic E-state index is -1.66. The number of aliphatic hydroxyl groups excluding tert-OH is 4. The van der Waals surface area contributed by atoms with Crippen molar-refractivity contribution in [2.24, 2.45) is 5.73 Å². The quantitative estimate of drug-likeness (QED) is 0.273. The molecule has 0 aliphatic heterocycles. The van der Waals surface area contributed by atoms with Gasteiger partial charge in [0.05, 0.1) is 25.3 Å². The smallest absolute Gasteiger partial charge is 0.237 e. The van der Waals surface area contributed by atoms with Crippen molar-refractivity contribution in [2.75, 3.05) is 13.2 Å². The molecule has 0 saturated carbocycles. The third-order valence-corrected chi connectivity index (χ3v) is 2.44. The molecule has 112 valence electrons. The van der Waals surface area contributed by atoms with Crippen molar-refractivity contribution in [3.8, 4) is 0 Å². The first-order valence-electron chi connectivity index (χ1n) is 5.66. The third-order valence-electron chi connectivity index (χ3n) is 2.44. The Morgan fingerprint density at radius 1 is 1.21 bits per heavy atom. The zero-order valence-corrected chi connectivity index (χ0v) is 10.9. The maximum Gasteiger partial charge on any atom is 0.237 e. The normalized spacial score (nSPS) is 17.2. The lowest BCUT2D eigenvalue weighted by atomic mass is 10.0. The predicted octanol–water partition coefficient (Wildman–Crippen LogP) is -3.71. The Labute approximate surface area is 110 Å². The summed E-state index contributed by atoms with van der Waals surface area (Å²) in [5.74, 6) is -0.997. The van der Waals surface area contributed by atoms with Crippen LogP contribution < -0.4 is 11.2 Å². The molecule has 0 spiro atoms. The Balaban J connectivity index is 4.58. The second-order valence-corrected chi connectivity index (χ2v) is 4.19. The van der Waals surface area contributed by atoms with Crippen LogP contribution >= 0.6 is 0 Å². The molecular formula is C10H21N3O6. The Morgan fingerprint density at radius 3 is 2.11 bits per heavy atom. The number of carbonyl (C=O) groups excluding carboxylic acids is 2. The summed E-state index contributed by atoms with van der Waals surface area (Å²) < 4.78 is 0. The minimum absolute atomic E-state index is 0.259. The number of hydrogen-bond acceptors (Lipinski definition) is 7. The number of rotatable bonds is 6. The van der Waals surface area contributed by atoms with Gasteiger partial charge in [0.2, 0.25) is 11.8 Å². The second kappa shape index (κ2) is 8.02. The molecule has 0 aromatic carbocycles. The summed E-state index contributed by atoms with van der Waals surface area (Å²) in [6, 6.07) is -1.12. The first-order valence-corrected chi connectivity index (χ1v) is 5.66. The maximum atomic E-state index is 11.2. The summed E-state index contributed by atoms with van der Waals surface area (Å²) in [6.45, 7) is 1.38. The van der Waals surface area contributed by atoms with Crippen LogP contribution in [-0.2, 0) is 9.59 Å². The van der Waals surface area contributed by atoms with E-state index in [1.54, 1.807) is 0 Å². The largest absolute Gasteiger partial charge is 0.394 e. The molecule has 0 aromatic rings. The lowest BCUT2D eigenvalue weighted by Gasteiger charge is -2.30. The Hall–Kier alpha value is -1.26. The third kappa shape index (κ3) is 5.94. The number of nitrogens with one attached hydrogen (secondary N) is 1. The van der Waals surface area contributed by atoms with Crippen molar-refractivity contribution < 1.29 is 30.0 Å².